The Bertz CT molecular complexity index is 910. The van der Waals surface area contributed by atoms with Crippen LogP contribution in [0.15, 0.2) is 42.5 Å². The Morgan fingerprint density at radius 3 is 2.10 bits per heavy atom. The lowest BCUT2D eigenvalue weighted by molar-refractivity contribution is 0.0469. The van der Waals surface area contributed by atoms with E-state index in [-0.39, 0.29) is 18.4 Å². The number of carbonyl (C=O) groups is 2. The molecule has 0 aliphatic carbocycles. The fraction of sp³-hybridized carbons (Fsp3) is 0.333. The van der Waals surface area contributed by atoms with E-state index >= 15 is 0 Å². The average molecular weight is 434 g/mol. The van der Waals surface area contributed by atoms with E-state index in [0.717, 1.165) is 36.8 Å². The minimum Gasteiger partial charge on any atom is -0.390 e. The minimum atomic E-state index is -0.807. The highest BCUT2D eigenvalue weighted by Gasteiger charge is 2.36. The third-order valence-electron chi connectivity index (χ3n) is 5.38. The molecule has 2 amide bonds. The van der Waals surface area contributed by atoms with Gasteiger partial charge in [0.15, 0.2) is 0 Å². The molecule has 0 aromatic heterocycles. The molecule has 0 radical (unpaired) electrons. The van der Waals surface area contributed by atoms with Gasteiger partial charge >= 0.3 is 0 Å². The van der Waals surface area contributed by atoms with E-state index < -0.39 is 6.10 Å². The molecular weight excluding hydrogens is 413 g/mol. The normalized spacial score (nSPS) is 18.3. The number of imide groups is 1. The predicted molar refractivity (Wildman–Crippen MR) is 113 cm³/mol. The SMILES string of the molecule is O=C1c2ccccc2C(=O)N1CC(O)CN1CCN(c2cccc(Cl)c2Cl)CC1. The maximum atomic E-state index is 12.4. The molecule has 0 saturated carbocycles. The molecule has 29 heavy (non-hydrogen) atoms. The number of halogens is 2. The van der Waals surface area contributed by atoms with Gasteiger partial charge in [0.25, 0.3) is 11.8 Å². The molecule has 1 N–H and O–H groups in total. The minimum absolute atomic E-state index is 0.00726. The van der Waals surface area contributed by atoms with Crippen LogP contribution >= 0.6 is 23.2 Å². The van der Waals surface area contributed by atoms with E-state index in [1.807, 2.05) is 12.1 Å². The first-order valence-corrected chi connectivity index (χ1v) is 10.3. The van der Waals surface area contributed by atoms with Crippen LogP contribution in [0.1, 0.15) is 20.7 Å². The van der Waals surface area contributed by atoms with Gasteiger partial charge in [0.1, 0.15) is 0 Å². The lowest BCUT2D eigenvalue weighted by Gasteiger charge is -2.37. The van der Waals surface area contributed by atoms with Crippen molar-refractivity contribution in [3.05, 3.63) is 63.6 Å². The van der Waals surface area contributed by atoms with E-state index in [2.05, 4.69) is 9.80 Å². The monoisotopic (exact) mass is 433 g/mol. The van der Waals surface area contributed by atoms with Gasteiger partial charge in [-0.1, -0.05) is 41.4 Å². The Morgan fingerprint density at radius 1 is 0.862 bits per heavy atom. The highest BCUT2D eigenvalue weighted by molar-refractivity contribution is 6.43. The third-order valence-corrected chi connectivity index (χ3v) is 6.19. The van der Waals surface area contributed by atoms with Crippen molar-refractivity contribution in [3.63, 3.8) is 0 Å². The molecule has 2 aromatic carbocycles. The molecule has 2 aliphatic rings. The van der Waals surface area contributed by atoms with Gasteiger partial charge < -0.3 is 10.0 Å². The summed E-state index contributed by atoms with van der Waals surface area (Å²) in [4.78, 5) is 30.3. The van der Waals surface area contributed by atoms with Crippen molar-refractivity contribution in [1.82, 2.24) is 9.80 Å². The molecule has 8 heteroatoms. The number of nitrogens with zero attached hydrogens (tertiary/aromatic N) is 3. The molecule has 4 rings (SSSR count). The number of aliphatic hydroxyl groups is 1. The highest BCUT2D eigenvalue weighted by atomic mass is 35.5. The van der Waals surface area contributed by atoms with Gasteiger partial charge in [0.2, 0.25) is 0 Å². The number of hydrogen-bond donors (Lipinski definition) is 1. The van der Waals surface area contributed by atoms with Gasteiger partial charge in [-0.05, 0) is 24.3 Å². The third kappa shape index (κ3) is 3.98. The largest absolute Gasteiger partial charge is 0.390 e. The number of carbonyl (C=O) groups excluding carboxylic acids is 2. The van der Waals surface area contributed by atoms with Crippen molar-refractivity contribution in [2.45, 2.75) is 6.10 Å². The molecule has 0 bridgehead atoms. The number of β-amino-alcohol motifs (C(OH)–C–C–N with tert-alkyl or cyclic N) is 1. The second-order valence-corrected chi connectivity index (χ2v) is 8.07. The van der Waals surface area contributed by atoms with Crippen molar-refractivity contribution in [1.29, 1.82) is 0 Å². The van der Waals surface area contributed by atoms with Crippen LogP contribution in [0.25, 0.3) is 0 Å². The maximum Gasteiger partial charge on any atom is 0.261 e. The Morgan fingerprint density at radius 2 is 1.48 bits per heavy atom. The van der Waals surface area contributed by atoms with Gasteiger partial charge in [-0.15, -0.1) is 0 Å². The zero-order valence-electron chi connectivity index (χ0n) is 15.7. The maximum absolute atomic E-state index is 12.4. The topological polar surface area (TPSA) is 64.1 Å². The number of fused-ring (bicyclic) bond motifs is 1. The Labute approximate surface area is 179 Å². The van der Waals surface area contributed by atoms with Crippen LogP contribution in [0.2, 0.25) is 10.0 Å². The summed E-state index contributed by atoms with van der Waals surface area (Å²) in [6.45, 7) is 3.36. The van der Waals surface area contributed by atoms with Crippen molar-refractivity contribution in [2.75, 3.05) is 44.2 Å². The smallest absolute Gasteiger partial charge is 0.261 e. The molecule has 152 valence electrons. The zero-order valence-corrected chi connectivity index (χ0v) is 17.2. The quantitative estimate of drug-likeness (QED) is 0.734. The van der Waals surface area contributed by atoms with Crippen LogP contribution in [0.3, 0.4) is 0 Å². The number of aliphatic hydroxyl groups excluding tert-OH is 1. The summed E-state index contributed by atoms with van der Waals surface area (Å²) in [5, 5.41) is 11.6. The summed E-state index contributed by atoms with van der Waals surface area (Å²) in [6, 6.07) is 12.3. The second-order valence-electron chi connectivity index (χ2n) is 7.28. The van der Waals surface area contributed by atoms with Crippen LogP contribution in [0.4, 0.5) is 5.69 Å². The van der Waals surface area contributed by atoms with Crippen molar-refractivity contribution in [2.24, 2.45) is 0 Å². The number of hydrogen-bond acceptors (Lipinski definition) is 5. The molecule has 1 saturated heterocycles. The Kier molecular flexibility index (Phi) is 5.79. The highest BCUT2D eigenvalue weighted by Crippen LogP contribution is 2.33. The summed E-state index contributed by atoms with van der Waals surface area (Å²) in [5.74, 6) is -0.685. The van der Waals surface area contributed by atoms with Gasteiger partial charge in [-0.25, -0.2) is 0 Å². The van der Waals surface area contributed by atoms with Crippen LogP contribution in [0.5, 0.6) is 0 Å². The number of rotatable bonds is 5. The molecule has 6 nitrogen and oxygen atoms in total. The van der Waals surface area contributed by atoms with E-state index in [1.165, 1.54) is 0 Å². The molecular formula is C21H21Cl2N3O3. The van der Waals surface area contributed by atoms with E-state index in [9.17, 15) is 14.7 Å². The van der Waals surface area contributed by atoms with E-state index in [1.54, 1.807) is 30.3 Å². The van der Waals surface area contributed by atoms with E-state index in [0.29, 0.717) is 27.7 Å². The first-order valence-electron chi connectivity index (χ1n) is 9.50. The predicted octanol–water partition coefficient (Wildman–Crippen LogP) is 2.77. The summed E-state index contributed by atoms with van der Waals surface area (Å²) < 4.78 is 0. The zero-order chi connectivity index (χ0) is 20.5. The molecule has 2 aromatic rings. The van der Waals surface area contributed by atoms with Gasteiger partial charge in [-0.3, -0.25) is 19.4 Å². The molecule has 2 aliphatic heterocycles. The fourth-order valence-corrected chi connectivity index (χ4v) is 4.29. The lowest BCUT2D eigenvalue weighted by atomic mass is 10.1. The number of piperazine rings is 1. The first-order chi connectivity index (χ1) is 14.0. The number of benzene rings is 2. The summed E-state index contributed by atoms with van der Waals surface area (Å²) >= 11 is 12.4. The van der Waals surface area contributed by atoms with Crippen LogP contribution in [-0.4, -0.2) is 72.1 Å². The summed E-state index contributed by atoms with van der Waals surface area (Å²) in [5.41, 5.74) is 1.71. The standard InChI is InChI=1S/C21H21Cl2N3O3/c22-17-6-3-7-18(19(17)23)25-10-8-24(9-11-25)12-14(27)13-26-20(28)15-4-1-2-5-16(15)21(26)29/h1-7,14,27H,8-13H2. The van der Waals surface area contributed by atoms with Gasteiger partial charge in [-0.2, -0.15) is 0 Å². The fourth-order valence-electron chi connectivity index (χ4n) is 3.88. The van der Waals surface area contributed by atoms with Gasteiger partial charge in [0, 0.05) is 32.7 Å². The van der Waals surface area contributed by atoms with Crippen LogP contribution in [0, 0.1) is 0 Å². The van der Waals surface area contributed by atoms with Crippen molar-refractivity contribution < 1.29 is 14.7 Å². The van der Waals surface area contributed by atoms with Crippen LogP contribution < -0.4 is 4.90 Å². The van der Waals surface area contributed by atoms with Gasteiger partial charge in [0.05, 0.1) is 39.5 Å². The average Bonchev–Trinajstić information content (AvgIpc) is 2.96. The van der Waals surface area contributed by atoms with Crippen LogP contribution in [-0.2, 0) is 0 Å². The summed E-state index contributed by atoms with van der Waals surface area (Å²) in [7, 11) is 0. The molecule has 0 spiro atoms. The second kappa shape index (κ2) is 8.32. The molecule has 1 atom stereocenters. The lowest BCUT2D eigenvalue weighted by Crippen LogP contribution is -2.50. The molecule has 2 heterocycles. The van der Waals surface area contributed by atoms with E-state index in [4.69, 9.17) is 23.2 Å². The number of amides is 2. The number of anilines is 1. The first kappa shape index (κ1) is 20.2. The Hall–Kier alpha value is -2.12. The Balaban J connectivity index is 1.32. The van der Waals surface area contributed by atoms with Crippen molar-refractivity contribution in [3.8, 4) is 0 Å². The van der Waals surface area contributed by atoms with Crippen molar-refractivity contribution >= 4 is 40.7 Å². The molecule has 1 fully saturated rings. The molecule has 1 unspecified atom stereocenters. The summed E-state index contributed by atoms with van der Waals surface area (Å²) in [6.07, 6.45) is -0.807.